The van der Waals surface area contributed by atoms with Crippen molar-refractivity contribution in [3.63, 3.8) is 0 Å². The summed E-state index contributed by atoms with van der Waals surface area (Å²) in [6, 6.07) is 7.33. The molecular weight excluding hydrogens is 362 g/mol. The molecule has 0 spiro atoms. The van der Waals surface area contributed by atoms with Gasteiger partial charge in [-0.05, 0) is 45.2 Å². The van der Waals surface area contributed by atoms with Crippen molar-refractivity contribution >= 4 is 28.6 Å². The van der Waals surface area contributed by atoms with Crippen LogP contribution in [0.15, 0.2) is 34.2 Å². The lowest BCUT2D eigenvalue weighted by molar-refractivity contribution is -0.120. The Hall–Kier alpha value is -1.86. The number of nitrogens with zero attached hydrogens (tertiary/aromatic N) is 2. The van der Waals surface area contributed by atoms with Crippen molar-refractivity contribution in [1.29, 1.82) is 0 Å². The normalized spacial score (nSPS) is 17.4. The fourth-order valence-corrected chi connectivity index (χ4v) is 3.85. The van der Waals surface area contributed by atoms with Gasteiger partial charge in [-0.2, -0.15) is 0 Å². The van der Waals surface area contributed by atoms with Crippen LogP contribution in [0.4, 0.5) is 0 Å². The van der Waals surface area contributed by atoms with Crippen LogP contribution in [0.5, 0.6) is 0 Å². The number of rotatable bonds is 7. The summed E-state index contributed by atoms with van der Waals surface area (Å²) in [6.07, 6.45) is 2.82. The minimum atomic E-state index is -0.244. The summed E-state index contributed by atoms with van der Waals surface area (Å²) in [7, 11) is 0. The Balaban J connectivity index is 1.85. The molecule has 0 saturated carbocycles. The number of nitrogens with one attached hydrogen (secondary N) is 1. The van der Waals surface area contributed by atoms with E-state index in [2.05, 4.69) is 10.3 Å². The number of carbonyl (C=O) groups excluding carboxylic acids is 1. The van der Waals surface area contributed by atoms with Gasteiger partial charge in [-0.1, -0.05) is 30.8 Å². The van der Waals surface area contributed by atoms with Crippen molar-refractivity contribution in [2.75, 3.05) is 12.4 Å². The highest BCUT2D eigenvalue weighted by atomic mass is 32.2. The first-order chi connectivity index (χ1) is 12.9. The number of thioether (sulfide) groups is 1. The van der Waals surface area contributed by atoms with E-state index in [9.17, 15) is 9.59 Å². The molecule has 1 aliphatic rings. The molecule has 1 N–H and O–H groups in total. The highest BCUT2D eigenvalue weighted by Gasteiger charge is 2.22. The molecule has 3 rings (SSSR count). The fraction of sp³-hybridized carbons (Fsp3) is 0.550. The molecule has 146 valence electrons. The highest BCUT2D eigenvalue weighted by Crippen LogP contribution is 2.21. The Morgan fingerprint density at radius 1 is 1.41 bits per heavy atom. The number of benzene rings is 1. The zero-order valence-corrected chi connectivity index (χ0v) is 17.0. The van der Waals surface area contributed by atoms with E-state index in [0.717, 1.165) is 25.9 Å². The summed E-state index contributed by atoms with van der Waals surface area (Å²) in [5.74, 6) is 0.164. The maximum Gasteiger partial charge on any atom is 0.262 e. The summed E-state index contributed by atoms with van der Waals surface area (Å²) in [4.78, 5) is 30.0. The van der Waals surface area contributed by atoms with Gasteiger partial charge in [0.1, 0.15) is 0 Å². The van der Waals surface area contributed by atoms with Crippen LogP contribution >= 0.6 is 11.8 Å². The van der Waals surface area contributed by atoms with Crippen LogP contribution in [-0.2, 0) is 16.1 Å². The molecule has 0 radical (unpaired) electrons. The number of ether oxygens (including phenoxy) is 1. The minimum Gasteiger partial charge on any atom is -0.376 e. The summed E-state index contributed by atoms with van der Waals surface area (Å²) in [6.45, 7) is 7.24. The molecule has 1 saturated heterocycles. The second-order valence-corrected chi connectivity index (χ2v) is 8.48. The van der Waals surface area contributed by atoms with Gasteiger partial charge in [0.2, 0.25) is 5.91 Å². The molecule has 0 bridgehead atoms. The predicted octanol–water partition coefficient (Wildman–Crippen LogP) is 2.97. The third kappa shape index (κ3) is 4.90. The highest BCUT2D eigenvalue weighted by molar-refractivity contribution is 7.99. The lowest BCUT2D eigenvalue weighted by atomic mass is 10.0. The molecule has 1 aliphatic heterocycles. The van der Waals surface area contributed by atoms with E-state index in [4.69, 9.17) is 4.74 Å². The zero-order chi connectivity index (χ0) is 19.4. The first-order valence-corrected chi connectivity index (χ1v) is 10.4. The van der Waals surface area contributed by atoms with Crippen molar-refractivity contribution in [1.82, 2.24) is 14.9 Å². The molecule has 1 fully saturated rings. The molecule has 2 heterocycles. The maximum absolute atomic E-state index is 13.0. The average molecular weight is 390 g/mol. The van der Waals surface area contributed by atoms with Gasteiger partial charge in [-0.25, -0.2) is 4.98 Å². The molecule has 1 aromatic carbocycles. The van der Waals surface area contributed by atoms with Crippen molar-refractivity contribution in [3.05, 3.63) is 34.6 Å². The topological polar surface area (TPSA) is 73.2 Å². The van der Waals surface area contributed by atoms with Crippen molar-refractivity contribution < 1.29 is 9.53 Å². The Morgan fingerprint density at radius 2 is 2.19 bits per heavy atom. The van der Waals surface area contributed by atoms with Crippen LogP contribution < -0.4 is 10.9 Å². The molecule has 1 aromatic heterocycles. The second kappa shape index (κ2) is 8.44. The number of aromatic nitrogens is 2. The van der Waals surface area contributed by atoms with Crippen molar-refractivity contribution in [3.8, 4) is 0 Å². The molecule has 2 aromatic rings. The fourth-order valence-electron chi connectivity index (χ4n) is 3.04. The van der Waals surface area contributed by atoms with Gasteiger partial charge in [0.05, 0.1) is 29.3 Å². The van der Waals surface area contributed by atoms with E-state index in [1.807, 2.05) is 39.0 Å². The molecule has 1 atom stereocenters. The van der Waals surface area contributed by atoms with Gasteiger partial charge in [0.25, 0.3) is 5.56 Å². The van der Waals surface area contributed by atoms with Gasteiger partial charge < -0.3 is 10.1 Å². The van der Waals surface area contributed by atoms with Gasteiger partial charge in [-0.3, -0.25) is 14.2 Å². The van der Waals surface area contributed by atoms with E-state index in [0.29, 0.717) is 22.6 Å². The number of amides is 1. The number of para-hydroxylation sites is 1. The number of carbonyl (C=O) groups is 1. The van der Waals surface area contributed by atoms with E-state index in [-0.39, 0.29) is 28.9 Å². The largest absolute Gasteiger partial charge is 0.376 e. The van der Waals surface area contributed by atoms with E-state index in [1.165, 1.54) is 11.8 Å². The Morgan fingerprint density at radius 3 is 2.89 bits per heavy atom. The third-order valence-corrected chi connectivity index (χ3v) is 5.91. The molecule has 0 aliphatic carbocycles. The monoisotopic (exact) mass is 389 g/mol. The van der Waals surface area contributed by atoms with Crippen LogP contribution in [0.2, 0.25) is 0 Å². The van der Waals surface area contributed by atoms with Gasteiger partial charge in [-0.15, -0.1) is 0 Å². The summed E-state index contributed by atoms with van der Waals surface area (Å²) in [5.41, 5.74) is 0.335. The first kappa shape index (κ1) is 19.9. The van der Waals surface area contributed by atoms with E-state index >= 15 is 0 Å². The Bertz CT molecular complexity index is 872. The molecule has 7 heteroatoms. The molecule has 6 nitrogen and oxygen atoms in total. The second-order valence-electron chi connectivity index (χ2n) is 7.54. The lowest BCUT2D eigenvalue weighted by Crippen LogP contribution is -2.43. The van der Waals surface area contributed by atoms with Gasteiger partial charge >= 0.3 is 0 Å². The van der Waals surface area contributed by atoms with Gasteiger partial charge in [0, 0.05) is 12.1 Å². The van der Waals surface area contributed by atoms with E-state index in [1.54, 1.807) is 10.6 Å². The van der Waals surface area contributed by atoms with E-state index < -0.39 is 0 Å². The first-order valence-electron chi connectivity index (χ1n) is 9.44. The maximum atomic E-state index is 13.0. The average Bonchev–Trinajstić information content (AvgIpc) is 3.15. The summed E-state index contributed by atoms with van der Waals surface area (Å²) >= 11 is 1.30. The molecule has 1 amide bonds. The van der Waals surface area contributed by atoms with Crippen LogP contribution in [0.25, 0.3) is 10.9 Å². The number of fused-ring (bicyclic) bond motifs is 1. The van der Waals surface area contributed by atoms with Crippen LogP contribution in [0.3, 0.4) is 0 Å². The minimum absolute atomic E-state index is 0.0258. The Kier molecular flexibility index (Phi) is 6.22. The summed E-state index contributed by atoms with van der Waals surface area (Å²) in [5, 5.41) is 4.18. The smallest absolute Gasteiger partial charge is 0.262 e. The lowest BCUT2D eigenvalue weighted by Gasteiger charge is -2.24. The Labute approximate surface area is 163 Å². The van der Waals surface area contributed by atoms with Crippen LogP contribution in [0.1, 0.15) is 40.0 Å². The standard InChI is InChI=1S/C20H27N3O3S/c1-4-20(2,3)22-17(24)13-27-19-21-16-10-6-5-9-15(16)18(25)23(19)12-14-8-7-11-26-14/h5-6,9-10,14H,4,7-8,11-13H2,1-3H3,(H,22,24)/t14-/m0/s1. The van der Waals surface area contributed by atoms with Crippen molar-refractivity contribution in [2.45, 2.75) is 63.4 Å². The number of hydrogen-bond acceptors (Lipinski definition) is 5. The number of hydrogen-bond donors (Lipinski definition) is 1. The quantitative estimate of drug-likeness (QED) is 0.582. The predicted molar refractivity (Wildman–Crippen MR) is 108 cm³/mol. The molecular formula is C20H27N3O3S. The SMILES string of the molecule is CCC(C)(C)NC(=O)CSc1nc2ccccc2c(=O)n1C[C@@H]1CCCO1. The third-order valence-electron chi connectivity index (χ3n) is 4.93. The zero-order valence-electron chi connectivity index (χ0n) is 16.2. The van der Waals surface area contributed by atoms with Crippen LogP contribution in [-0.4, -0.2) is 39.5 Å². The summed E-state index contributed by atoms with van der Waals surface area (Å²) < 4.78 is 7.38. The van der Waals surface area contributed by atoms with Crippen LogP contribution in [0, 0.1) is 0 Å². The molecule has 27 heavy (non-hydrogen) atoms. The molecule has 0 unspecified atom stereocenters. The van der Waals surface area contributed by atoms with Gasteiger partial charge in [0.15, 0.2) is 5.16 Å². The van der Waals surface area contributed by atoms with Crippen molar-refractivity contribution in [2.24, 2.45) is 0 Å².